The Morgan fingerprint density at radius 2 is 2.10 bits per heavy atom. The van der Waals surface area contributed by atoms with E-state index in [0.717, 1.165) is 44.1 Å². The van der Waals surface area contributed by atoms with E-state index < -0.39 is 0 Å². The number of nitrogens with zero attached hydrogens (tertiary/aromatic N) is 4. The average molecular weight is 287 g/mol. The van der Waals surface area contributed by atoms with Gasteiger partial charge in [-0.15, -0.1) is 0 Å². The van der Waals surface area contributed by atoms with Crippen LogP contribution < -0.4 is 5.32 Å². The Kier molecular flexibility index (Phi) is 4.17. The first kappa shape index (κ1) is 14.0. The minimum absolute atomic E-state index is 0.185. The summed E-state index contributed by atoms with van der Waals surface area (Å²) in [5.74, 6) is 0.185. The summed E-state index contributed by atoms with van der Waals surface area (Å²) in [5.41, 5.74) is 2.06. The maximum absolute atomic E-state index is 11.8. The lowest BCUT2D eigenvalue weighted by Crippen LogP contribution is -2.50. The van der Waals surface area contributed by atoms with E-state index in [-0.39, 0.29) is 5.91 Å². The molecule has 0 aliphatic carbocycles. The molecule has 0 saturated carbocycles. The van der Waals surface area contributed by atoms with Crippen molar-refractivity contribution in [3.8, 4) is 0 Å². The van der Waals surface area contributed by atoms with Gasteiger partial charge in [0.15, 0.2) is 0 Å². The second-order valence-corrected chi connectivity index (χ2v) is 5.39. The van der Waals surface area contributed by atoms with E-state index in [1.165, 1.54) is 0 Å². The highest BCUT2D eigenvalue weighted by Crippen LogP contribution is 2.10. The molecule has 6 heteroatoms. The highest BCUT2D eigenvalue weighted by molar-refractivity contribution is 5.78. The number of hydrogen-bond donors (Lipinski definition) is 1. The molecular weight excluding hydrogens is 266 g/mol. The molecule has 1 N–H and O–H groups in total. The van der Waals surface area contributed by atoms with Crippen LogP contribution in [0.5, 0.6) is 0 Å². The van der Waals surface area contributed by atoms with E-state index in [4.69, 9.17) is 0 Å². The van der Waals surface area contributed by atoms with Crippen molar-refractivity contribution in [2.75, 3.05) is 39.8 Å². The van der Waals surface area contributed by atoms with E-state index in [2.05, 4.69) is 21.4 Å². The molecule has 1 fully saturated rings. The zero-order valence-corrected chi connectivity index (χ0v) is 12.3. The van der Waals surface area contributed by atoms with Gasteiger partial charge in [-0.3, -0.25) is 9.69 Å². The van der Waals surface area contributed by atoms with Crippen LogP contribution in [0.25, 0.3) is 5.65 Å². The third-order valence-electron chi connectivity index (χ3n) is 3.85. The van der Waals surface area contributed by atoms with Gasteiger partial charge in [0.05, 0.1) is 12.2 Å². The number of aromatic nitrogens is 2. The number of likely N-dealkylation sites (N-methyl/N-ethyl adjacent to an activating group) is 1. The van der Waals surface area contributed by atoms with Gasteiger partial charge in [-0.1, -0.05) is 6.07 Å². The number of nitrogens with one attached hydrogen (secondary N) is 1. The number of piperazine rings is 1. The predicted molar refractivity (Wildman–Crippen MR) is 81.0 cm³/mol. The SMILES string of the molecule is CNCC(=O)N1CCN(Cc2cn3ccccc3n2)CC1. The van der Waals surface area contributed by atoms with Crippen LogP contribution in [0, 0.1) is 0 Å². The molecule has 2 aromatic rings. The number of carbonyl (C=O) groups excluding carboxylic acids is 1. The predicted octanol–water partition coefficient (Wildman–Crippen LogP) is 0.198. The molecule has 0 aromatic carbocycles. The number of hydrogen-bond acceptors (Lipinski definition) is 4. The van der Waals surface area contributed by atoms with Gasteiger partial charge >= 0.3 is 0 Å². The topological polar surface area (TPSA) is 52.9 Å². The second-order valence-electron chi connectivity index (χ2n) is 5.39. The van der Waals surface area contributed by atoms with Crippen molar-refractivity contribution in [3.05, 3.63) is 36.3 Å². The number of imidazole rings is 1. The molecule has 3 rings (SSSR count). The van der Waals surface area contributed by atoms with Crippen LogP contribution in [-0.4, -0.2) is 64.9 Å². The van der Waals surface area contributed by atoms with Crippen molar-refractivity contribution >= 4 is 11.6 Å². The molecule has 1 amide bonds. The molecule has 1 aliphatic rings. The van der Waals surface area contributed by atoms with Crippen LogP contribution in [0.15, 0.2) is 30.6 Å². The molecule has 3 heterocycles. The van der Waals surface area contributed by atoms with Crippen LogP contribution in [0.4, 0.5) is 0 Å². The molecule has 0 atom stereocenters. The lowest BCUT2D eigenvalue weighted by atomic mass is 10.3. The number of rotatable bonds is 4. The maximum atomic E-state index is 11.8. The molecule has 0 radical (unpaired) electrons. The summed E-state index contributed by atoms with van der Waals surface area (Å²) in [5, 5.41) is 2.91. The van der Waals surface area contributed by atoms with Crippen molar-refractivity contribution in [2.45, 2.75) is 6.54 Å². The Labute approximate surface area is 124 Å². The summed E-state index contributed by atoms with van der Waals surface area (Å²) in [7, 11) is 1.80. The Hall–Kier alpha value is -1.92. The summed E-state index contributed by atoms with van der Waals surface area (Å²) in [4.78, 5) is 20.7. The second kappa shape index (κ2) is 6.24. The van der Waals surface area contributed by atoms with Crippen molar-refractivity contribution in [1.29, 1.82) is 0 Å². The first-order valence-corrected chi connectivity index (χ1v) is 7.33. The number of carbonyl (C=O) groups is 1. The fourth-order valence-electron chi connectivity index (χ4n) is 2.71. The van der Waals surface area contributed by atoms with E-state index in [9.17, 15) is 4.79 Å². The van der Waals surface area contributed by atoms with Gasteiger partial charge in [0, 0.05) is 45.1 Å². The first-order chi connectivity index (χ1) is 10.3. The van der Waals surface area contributed by atoms with Gasteiger partial charge in [-0.2, -0.15) is 0 Å². The molecule has 0 bridgehead atoms. The summed E-state index contributed by atoms with van der Waals surface area (Å²) in [6.45, 7) is 4.68. The summed E-state index contributed by atoms with van der Waals surface area (Å²) >= 11 is 0. The zero-order chi connectivity index (χ0) is 14.7. The Morgan fingerprint density at radius 3 is 2.81 bits per heavy atom. The Bertz CT molecular complexity index is 582. The van der Waals surface area contributed by atoms with Gasteiger partial charge < -0.3 is 14.6 Å². The molecule has 0 spiro atoms. The molecule has 21 heavy (non-hydrogen) atoms. The lowest BCUT2D eigenvalue weighted by Gasteiger charge is -2.34. The minimum atomic E-state index is 0.185. The third kappa shape index (κ3) is 3.22. The van der Waals surface area contributed by atoms with Gasteiger partial charge in [0.2, 0.25) is 5.91 Å². The van der Waals surface area contributed by atoms with Gasteiger partial charge in [-0.05, 0) is 19.2 Å². The van der Waals surface area contributed by atoms with Crippen molar-refractivity contribution in [3.63, 3.8) is 0 Å². The third-order valence-corrected chi connectivity index (χ3v) is 3.85. The molecule has 112 valence electrons. The highest BCUT2D eigenvalue weighted by Gasteiger charge is 2.20. The van der Waals surface area contributed by atoms with Crippen LogP contribution in [0.2, 0.25) is 0 Å². The largest absolute Gasteiger partial charge is 0.339 e. The molecule has 1 saturated heterocycles. The van der Waals surface area contributed by atoms with Gasteiger partial charge in [0.1, 0.15) is 5.65 Å². The minimum Gasteiger partial charge on any atom is -0.339 e. The van der Waals surface area contributed by atoms with Crippen LogP contribution >= 0.6 is 0 Å². The molecule has 1 aliphatic heterocycles. The summed E-state index contributed by atoms with van der Waals surface area (Å²) in [6.07, 6.45) is 4.09. The number of pyridine rings is 1. The standard InChI is InChI=1S/C15H21N5O/c1-16-10-15(21)19-8-6-18(7-9-19)11-13-12-20-5-3-2-4-14(20)17-13/h2-5,12,16H,6-11H2,1H3. The van der Waals surface area contributed by atoms with Crippen LogP contribution in [0.3, 0.4) is 0 Å². The maximum Gasteiger partial charge on any atom is 0.236 e. The fraction of sp³-hybridized carbons (Fsp3) is 0.467. The molecule has 2 aromatic heterocycles. The van der Waals surface area contributed by atoms with Crippen LogP contribution in [0.1, 0.15) is 5.69 Å². The van der Waals surface area contributed by atoms with Crippen LogP contribution in [-0.2, 0) is 11.3 Å². The smallest absolute Gasteiger partial charge is 0.236 e. The monoisotopic (exact) mass is 287 g/mol. The number of amides is 1. The fourth-order valence-corrected chi connectivity index (χ4v) is 2.71. The summed E-state index contributed by atoms with van der Waals surface area (Å²) < 4.78 is 2.04. The normalized spacial score (nSPS) is 16.5. The van der Waals surface area contributed by atoms with Crippen molar-refractivity contribution in [2.24, 2.45) is 0 Å². The highest BCUT2D eigenvalue weighted by atomic mass is 16.2. The van der Waals surface area contributed by atoms with E-state index in [1.807, 2.05) is 33.7 Å². The lowest BCUT2D eigenvalue weighted by molar-refractivity contribution is -0.131. The molecule has 6 nitrogen and oxygen atoms in total. The van der Waals surface area contributed by atoms with E-state index in [0.29, 0.717) is 6.54 Å². The Morgan fingerprint density at radius 1 is 1.29 bits per heavy atom. The number of fused-ring (bicyclic) bond motifs is 1. The Balaban J connectivity index is 1.56. The van der Waals surface area contributed by atoms with E-state index >= 15 is 0 Å². The summed E-state index contributed by atoms with van der Waals surface area (Å²) in [6, 6.07) is 6.01. The molecule has 0 unspecified atom stereocenters. The zero-order valence-electron chi connectivity index (χ0n) is 12.3. The first-order valence-electron chi connectivity index (χ1n) is 7.33. The quantitative estimate of drug-likeness (QED) is 0.873. The van der Waals surface area contributed by atoms with Crippen molar-refractivity contribution < 1.29 is 4.79 Å². The molecular formula is C15H21N5O. The van der Waals surface area contributed by atoms with Gasteiger partial charge in [-0.25, -0.2) is 4.98 Å². The van der Waals surface area contributed by atoms with Crippen molar-refractivity contribution in [1.82, 2.24) is 24.5 Å². The average Bonchev–Trinajstić information content (AvgIpc) is 2.90. The van der Waals surface area contributed by atoms with Gasteiger partial charge in [0.25, 0.3) is 0 Å². The van der Waals surface area contributed by atoms with E-state index in [1.54, 1.807) is 7.05 Å².